The molecule has 2 N–H and O–H groups in total. The molecule has 0 radical (unpaired) electrons. The van der Waals surface area contributed by atoms with E-state index in [1.165, 1.54) is 4.88 Å². The first kappa shape index (κ1) is 12.1. The van der Waals surface area contributed by atoms with Crippen LogP contribution in [0.3, 0.4) is 0 Å². The van der Waals surface area contributed by atoms with E-state index in [9.17, 15) is 4.79 Å². The molecule has 0 fully saturated rings. The third kappa shape index (κ3) is 2.91. The Hall–Kier alpha value is -1.92. The number of nitrogens with one attached hydrogen (secondary N) is 2. The minimum absolute atomic E-state index is 0.0932. The summed E-state index contributed by atoms with van der Waals surface area (Å²) in [5.74, 6) is 0.619. The maximum atomic E-state index is 11.2. The Morgan fingerprint density at radius 1 is 1.42 bits per heavy atom. The predicted molar refractivity (Wildman–Crippen MR) is 73.2 cm³/mol. The topological polar surface area (TPSA) is 63.2 Å². The summed E-state index contributed by atoms with van der Waals surface area (Å²) >= 11 is 1.63. The number of hydrogen-bond acceptors (Lipinski definition) is 5. The van der Waals surface area contributed by atoms with Crippen LogP contribution in [0.1, 0.15) is 10.4 Å². The van der Waals surface area contributed by atoms with Crippen LogP contribution in [0.15, 0.2) is 29.9 Å². The molecule has 1 aliphatic heterocycles. The Balaban J connectivity index is 1.62. The molecule has 2 aromatic rings. The van der Waals surface area contributed by atoms with Crippen LogP contribution in [0, 0.1) is 0 Å². The van der Waals surface area contributed by atoms with E-state index in [-0.39, 0.29) is 12.5 Å². The summed E-state index contributed by atoms with van der Waals surface area (Å²) in [5, 5.41) is 6.14. The van der Waals surface area contributed by atoms with Gasteiger partial charge in [-0.15, -0.1) is 11.3 Å². The first-order chi connectivity index (χ1) is 9.31. The minimum Gasteiger partial charge on any atom is -0.482 e. The number of hydrogen-bond donors (Lipinski definition) is 2. The molecule has 0 atom stereocenters. The SMILES string of the molecule is O=C1COc2ccc(CNCc3cncs3)cc2N1. The van der Waals surface area contributed by atoms with Crippen LogP contribution in [0.25, 0.3) is 0 Å². The Morgan fingerprint density at radius 3 is 3.21 bits per heavy atom. The summed E-state index contributed by atoms with van der Waals surface area (Å²) in [6.07, 6.45) is 1.86. The molecule has 3 rings (SSSR count). The molecule has 1 aliphatic rings. The van der Waals surface area contributed by atoms with Gasteiger partial charge in [-0.05, 0) is 17.7 Å². The minimum atomic E-state index is -0.109. The summed E-state index contributed by atoms with van der Waals surface area (Å²) in [7, 11) is 0. The molecule has 0 saturated carbocycles. The van der Waals surface area contributed by atoms with Gasteiger partial charge in [-0.1, -0.05) is 6.07 Å². The monoisotopic (exact) mass is 275 g/mol. The van der Waals surface area contributed by atoms with Gasteiger partial charge in [-0.3, -0.25) is 9.78 Å². The van der Waals surface area contributed by atoms with Gasteiger partial charge >= 0.3 is 0 Å². The summed E-state index contributed by atoms with van der Waals surface area (Å²) in [6.45, 7) is 1.63. The van der Waals surface area contributed by atoms with Crippen molar-refractivity contribution in [1.29, 1.82) is 0 Å². The van der Waals surface area contributed by atoms with Gasteiger partial charge in [0.05, 0.1) is 11.2 Å². The molecule has 0 aliphatic carbocycles. The van der Waals surface area contributed by atoms with Crippen LogP contribution in [0.5, 0.6) is 5.75 Å². The Kier molecular flexibility index (Phi) is 3.43. The van der Waals surface area contributed by atoms with E-state index in [4.69, 9.17) is 4.74 Å². The van der Waals surface area contributed by atoms with Gasteiger partial charge in [0.25, 0.3) is 5.91 Å². The average molecular weight is 275 g/mol. The highest BCUT2D eigenvalue weighted by Gasteiger charge is 2.15. The fourth-order valence-electron chi connectivity index (χ4n) is 1.90. The maximum Gasteiger partial charge on any atom is 0.262 e. The van der Waals surface area contributed by atoms with Crippen molar-refractivity contribution in [3.05, 3.63) is 40.3 Å². The number of ether oxygens (including phenoxy) is 1. The number of nitrogens with zero attached hydrogens (tertiary/aromatic N) is 1. The quantitative estimate of drug-likeness (QED) is 0.892. The van der Waals surface area contributed by atoms with Crippen LogP contribution in [0.2, 0.25) is 0 Å². The zero-order valence-corrected chi connectivity index (χ0v) is 11.0. The normalized spacial score (nSPS) is 13.6. The molecule has 0 spiro atoms. The standard InChI is InChI=1S/C13H13N3O2S/c17-13-7-18-12-2-1-9(3-11(12)16-13)4-14-5-10-6-15-8-19-10/h1-3,6,8,14H,4-5,7H2,(H,16,17). The molecule has 0 bridgehead atoms. The van der Waals surface area contributed by atoms with Crippen molar-refractivity contribution < 1.29 is 9.53 Å². The Labute approximate surface area is 114 Å². The van der Waals surface area contributed by atoms with Gasteiger partial charge in [0.15, 0.2) is 6.61 Å². The third-order valence-corrected chi connectivity index (χ3v) is 3.57. The average Bonchev–Trinajstić information content (AvgIpc) is 2.91. The lowest BCUT2D eigenvalue weighted by molar-refractivity contribution is -0.118. The number of aromatic nitrogens is 1. The summed E-state index contributed by atoms with van der Waals surface area (Å²) in [6, 6.07) is 5.82. The highest BCUT2D eigenvalue weighted by atomic mass is 32.1. The van der Waals surface area contributed by atoms with Crippen molar-refractivity contribution >= 4 is 22.9 Å². The zero-order valence-electron chi connectivity index (χ0n) is 10.2. The molecule has 6 heteroatoms. The second kappa shape index (κ2) is 5.38. The molecular weight excluding hydrogens is 262 g/mol. The first-order valence-electron chi connectivity index (χ1n) is 5.95. The smallest absolute Gasteiger partial charge is 0.262 e. The molecule has 19 heavy (non-hydrogen) atoms. The molecule has 0 saturated heterocycles. The van der Waals surface area contributed by atoms with Crippen molar-refractivity contribution in [3.63, 3.8) is 0 Å². The summed E-state index contributed by atoms with van der Waals surface area (Å²) < 4.78 is 5.32. The maximum absolute atomic E-state index is 11.2. The van der Waals surface area contributed by atoms with Crippen LogP contribution < -0.4 is 15.4 Å². The lowest BCUT2D eigenvalue weighted by Gasteiger charge is -2.18. The van der Waals surface area contributed by atoms with Gasteiger partial charge in [0.1, 0.15) is 5.75 Å². The highest BCUT2D eigenvalue weighted by Crippen LogP contribution is 2.28. The van der Waals surface area contributed by atoms with Crippen LogP contribution in [-0.4, -0.2) is 17.5 Å². The molecule has 98 valence electrons. The number of anilines is 1. The summed E-state index contributed by atoms with van der Waals surface area (Å²) in [5.41, 5.74) is 3.67. The van der Waals surface area contributed by atoms with E-state index < -0.39 is 0 Å². The van der Waals surface area contributed by atoms with E-state index in [1.807, 2.05) is 29.9 Å². The zero-order chi connectivity index (χ0) is 13.1. The molecule has 0 unspecified atom stereocenters. The highest BCUT2D eigenvalue weighted by molar-refractivity contribution is 7.09. The van der Waals surface area contributed by atoms with Crippen LogP contribution in [0.4, 0.5) is 5.69 Å². The Morgan fingerprint density at radius 2 is 2.37 bits per heavy atom. The van der Waals surface area contributed by atoms with Crippen LogP contribution in [-0.2, 0) is 17.9 Å². The van der Waals surface area contributed by atoms with Crippen molar-refractivity contribution in [2.24, 2.45) is 0 Å². The van der Waals surface area contributed by atoms with E-state index in [0.29, 0.717) is 0 Å². The van der Waals surface area contributed by atoms with Crippen molar-refractivity contribution in [1.82, 2.24) is 10.3 Å². The molecular formula is C13H13N3O2S. The fraction of sp³-hybridized carbons (Fsp3) is 0.231. The number of rotatable bonds is 4. The molecule has 1 amide bonds. The first-order valence-corrected chi connectivity index (χ1v) is 6.83. The number of fused-ring (bicyclic) bond motifs is 1. The van der Waals surface area contributed by atoms with Gasteiger partial charge in [0.2, 0.25) is 0 Å². The number of carbonyl (C=O) groups excluding carboxylic acids is 1. The van der Waals surface area contributed by atoms with Crippen molar-refractivity contribution in [2.45, 2.75) is 13.1 Å². The second-order valence-corrected chi connectivity index (χ2v) is 5.21. The van der Waals surface area contributed by atoms with E-state index in [2.05, 4.69) is 15.6 Å². The largest absolute Gasteiger partial charge is 0.482 e. The van der Waals surface area contributed by atoms with E-state index in [1.54, 1.807) is 11.3 Å². The summed E-state index contributed by atoms with van der Waals surface area (Å²) in [4.78, 5) is 16.5. The number of carbonyl (C=O) groups is 1. The fourth-order valence-corrected chi connectivity index (χ4v) is 2.46. The number of thiazole rings is 1. The molecule has 5 nitrogen and oxygen atoms in total. The molecule has 2 heterocycles. The van der Waals surface area contributed by atoms with Crippen LogP contribution >= 0.6 is 11.3 Å². The van der Waals surface area contributed by atoms with Gasteiger partial charge < -0.3 is 15.4 Å². The van der Waals surface area contributed by atoms with E-state index in [0.717, 1.165) is 30.1 Å². The Bertz CT molecular complexity index is 584. The van der Waals surface area contributed by atoms with E-state index >= 15 is 0 Å². The van der Waals surface area contributed by atoms with Gasteiger partial charge in [0, 0.05) is 24.2 Å². The lowest BCUT2D eigenvalue weighted by Crippen LogP contribution is -2.25. The number of benzene rings is 1. The lowest BCUT2D eigenvalue weighted by atomic mass is 10.1. The van der Waals surface area contributed by atoms with Gasteiger partial charge in [-0.25, -0.2) is 0 Å². The third-order valence-electron chi connectivity index (χ3n) is 2.79. The van der Waals surface area contributed by atoms with Crippen molar-refractivity contribution in [2.75, 3.05) is 11.9 Å². The molecule has 1 aromatic heterocycles. The predicted octanol–water partition coefficient (Wildman–Crippen LogP) is 1.76. The number of amides is 1. The molecule has 1 aromatic carbocycles. The second-order valence-electron chi connectivity index (χ2n) is 4.24. The van der Waals surface area contributed by atoms with Crippen molar-refractivity contribution in [3.8, 4) is 5.75 Å². The van der Waals surface area contributed by atoms with Gasteiger partial charge in [-0.2, -0.15) is 0 Å².